The van der Waals surface area contributed by atoms with Gasteiger partial charge in [-0.3, -0.25) is 24.1 Å². The topological polar surface area (TPSA) is 109 Å². The molecule has 8 nitrogen and oxygen atoms in total. The second kappa shape index (κ2) is 11.0. The smallest absolute Gasteiger partial charge is 0.305 e. The molecule has 4 aliphatic rings. The molecule has 1 saturated heterocycles. The molecule has 2 saturated carbocycles. The van der Waals surface area contributed by atoms with Crippen molar-refractivity contribution in [2.75, 3.05) is 16.8 Å². The summed E-state index contributed by atoms with van der Waals surface area (Å²) in [6.07, 6.45) is 0.818. The van der Waals surface area contributed by atoms with Crippen LogP contribution in [-0.2, 0) is 14.4 Å². The molecular formula is C37H29N3O5S2. The second-order valence-electron chi connectivity index (χ2n) is 12.8. The number of fused-ring (bicyclic) bond motifs is 10. The number of aromatic nitrogens is 1. The van der Waals surface area contributed by atoms with Crippen LogP contribution in [0.2, 0.25) is 0 Å². The summed E-state index contributed by atoms with van der Waals surface area (Å²) in [5, 5.41) is 6.01. The van der Waals surface area contributed by atoms with Gasteiger partial charge in [0.25, 0.3) is 5.91 Å². The van der Waals surface area contributed by atoms with Gasteiger partial charge < -0.3 is 15.0 Å². The van der Waals surface area contributed by atoms with E-state index in [0.717, 1.165) is 32.7 Å². The zero-order chi connectivity index (χ0) is 31.8. The molecule has 0 radical (unpaired) electrons. The van der Waals surface area contributed by atoms with Crippen LogP contribution in [0.25, 0.3) is 10.8 Å². The first-order valence-corrected chi connectivity index (χ1v) is 17.5. The third kappa shape index (κ3) is 4.57. The Hall–Kier alpha value is -4.67. The first-order chi connectivity index (χ1) is 22.9. The molecule has 4 aromatic carbocycles. The number of nitrogens with one attached hydrogen (secondary N) is 2. The van der Waals surface area contributed by atoms with Crippen LogP contribution in [0, 0.1) is 29.6 Å². The van der Waals surface area contributed by atoms with E-state index in [-0.39, 0.29) is 70.0 Å². The quantitative estimate of drug-likeness (QED) is 0.208. The zero-order valence-corrected chi connectivity index (χ0v) is 26.6. The Kier molecular flexibility index (Phi) is 6.65. The maximum absolute atomic E-state index is 13.9. The van der Waals surface area contributed by atoms with E-state index in [1.165, 1.54) is 16.2 Å². The van der Waals surface area contributed by atoms with E-state index in [2.05, 4.69) is 10.3 Å². The van der Waals surface area contributed by atoms with Crippen LogP contribution >= 0.6 is 23.1 Å². The number of carbonyl (C=O) groups excluding carboxylic acids is 3. The van der Waals surface area contributed by atoms with Crippen LogP contribution in [0.5, 0.6) is 5.75 Å². The van der Waals surface area contributed by atoms with Crippen molar-refractivity contribution in [2.24, 2.45) is 29.6 Å². The van der Waals surface area contributed by atoms with E-state index in [4.69, 9.17) is 4.74 Å². The first kappa shape index (κ1) is 28.5. The number of nitrogens with zero attached hydrogens (tertiary/aromatic N) is 1. The minimum atomic E-state index is -0.368. The van der Waals surface area contributed by atoms with Crippen molar-refractivity contribution in [3.05, 3.63) is 117 Å². The highest BCUT2D eigenvalue weighted by Gasteiger charge is 2.69. The number of para-hydroxylation sites is 1. The molecule has 3 fully saturated rings. The highest BCUT2D eigenvalue weighted by atomic mass is 32.2. The number of aromatic amines is 1. The Morgan fingerprint density at radius 3 is 2.45 bits per heavy atom. The minimum absolute atomic E-state index is 0.0142. The molecule has 9 rings (SSSR count). The number of imide groups is 1. The largest absolute Gasteiger partial charge is 0.484 e. The van der Waals surface area contributed by atoms with Gasteiger partial charge in [-0.25, -0.2) is 0 Å². The molecule has 0 spiro atoms. The molecule has 2 aliphatic heterocycles. The average Bonchev–Trinajstić information content (AvgIpc) is 3.83. The van der Waals surface area contributed by atoms with Gasteiger partial charge in [0.1, 0.15) is 5.75 Å². The number of hydrogen-bond acceptors (Lipinski definition) is 7. The van der Waals surface area contributed by atoms with Gasteiger partial charge in [0.2, 0.25) is 11.8 Å². The molecule has 2 aliphatic carbocycles. The maximum Gasteiger partial charge on any atom is 0.305 e. The maximum atomic E-state index is 13.9. The van der Waals surface area contributed by atoms with Crippen molar-refractivity contribution in [2.45, 2.75) is 22.6 Å². The van der Waals surface area contributed by atoms with Crippen LogP contribution < -0.4 is 19.8 Å². The summed E-state index contributed by atoms with van der Waals surface area (Å²) in [6.45, 7) is -0.161. The fourth-order valence-corrected chi connectivity index (χ4v) is 11.5. The highest BCUT2D eigenvalue weighted by Crippen LogP contribution is 2.68. The fraction of sp³-hybridized carbons (Fsp3) is 0.243. The summed E-state index contributed by atoms with van der Waals surface area (Å²) in [7, 11) is 0. The number of H-pyrrole nitrogens is 1. The monoisotopic (exact) mass is 659 g/mol. The number of thioether (sulfide) groups is 1. The highest BCUT2D eigenvalue weighted by molar-refractivity contribution is 8.00. The Morgan fingerprint density at radius 1 is 0.851 bits per heavy atom. The van der Waals surface area contributed by atoms with Crippen molar-refractivity contribution < 1.29 is 19.1 Å². The van der Waals surface area contributed by atoms with E-state index in [0.29, 0.717) is 17.1 Å². The number of hydrogen-bond donors (Lipinski definition) is 2. The number of ether oxygens (including phenoxy) is 1. The third-order valence-corrected chi connectivity index (χ3v) is 12.9. The van der Waals surface area contributed by atoms with Gasteiger partial charge in [0, 0.05) is 21.7 Å². The van der Waals surface area contributed by atoms with Gasteiger partial charge in [0.05, 0.1) is 22.5 Å². The number of thiazole rings is 1. The molecule has 3 heterocycles. The second-order valence-corrected chi connectivity index (χ2v) is 15.0. The van der Waals surface area contributed by atoms with Crippen molar-refractivity contribution in [1.29, 1.82) is 0 Å². The number of carbonyl (C=O) groups is 3. The molecule has 234 valence electrons. The summed E-state index contributed by atoms with van der Waals surface area (Å²) in [4.78, 5) is 58.6. The lowest BCUT2D eigenvalue weighted by Gasteiger charge is -2.43. The van der Waals surface area contributed by atoms with Crippen molar-refractivity contribution >= 4 is 63.0 Å². The molecule has 3 amide bonds. The number of amides is 3. The van der Waals surface area contributed by atoms with E-state index in [1.54, 1.807) is 11.8 Å². The van der Waals surface area contributed by atoms with E-state index in [9.17, 15) is 19.2 Å². The summed E-state index contributed by atoms with van der Waals surface area (Å²) in [5.41, 5.74) is 2.30. The lowest BCUT2D eigenvalue weighted by atomic mass is 9.68. The molecule has 47 heavy (non-hydrogen) atoms. The van der Waals surface area contributed by atoms with Crippen molar-refractivity contribution in [1.82, 2.24) is 4.98 Å². The first-order valence-electron chi connectivity index (χ1n) is 15.8. The lowest BCUT2D eigenvalue weighted by molar-refractivity contribution is -0.123. The summed E-state index contributed by atoms with van der Waals surface area (Å²) in [5.74, 6) is -0.639. The lowest BCUT2D eigenvalue weighted by Crippen LogP contribution is -2.42. The van der Waals surface area contributed by atoms with Crippen LogP contribution in [0.1, 0.15) is 22.8 Å². The Labute approximate surface area is 278 Å². The molecule has 2 bridgehead atoms. The van der Waals surface area contributed by atoms with E-state index < -0.39 is 0 Å². The van der Waals surface area contributed by atoms with Gasteiger partial charge in [-0.1, -0.05) is 72.0 Å². The molecule has 5 aromatic rings. The van der Waals surface area contributed by atoms with Crippen molar-refractivity contribution in [3.63, 3.8) is 0 Å². The van der Waals surface area contributed by atoms with Gasteiger partial charge >= 0.3 is 4.87 Å². The van der Waals surface area contributed by atoms with Crippen LogP contribution in [0.15, 0.2) is 107 Å². The minimum Gasteiger partial charge on any atom is -0.484 e. The molecular weight excluding hydrogens is 631 g/mol. The summed E-state index contributed by atoms with van der Waals surface area (Å²) < 4.78 is 6.00. The van der Waals surface area contributed by atoms with Crippen LogP contribution in [0.4, 0.5) is 11.4 Å². The van der Waals surface area contributed by atoms with Crippen LogP contribution in [0.3, 0.4) is 0 Å². The van der Waals surface area contributed by atoms with Gasteiger partial charge in [-0.15, -0.1) is 11.8 Å². The Balaban J connectivity index is 0.989. The average molecular weight is 660 g/mol. The summed E-state index contributed by atoms with van der Waals surface area (Å²) in [6, 6.07) is 30.7. The molecule has 1 aromatic heterocycles. The van der Waals surface area contributed by atoms with Gasteiger partial charge in [0.15, 0.2) is 6.61 Å². The Bertz CT molecular complexity index is 2140. The Morgan fingerprint density at radius 2 is 1.62 bits per heavy atom. The molecule has 2 N–H and O–H groups in total. The number of anilines is 2. The van der Waals surface area contributed by atoms with Gasteiger partial charge in [-0.2, -0.15) is 0 Å². The molecule has 10 heteroatoms. The summed E-state index contributed by atoms with van der Waals surface area (Å²) >= 11 is 2.89. The zero-order valence-electron chi connectivity index (χ0n) is 25.0. The SMILES string of the molecule is O=C(COc1cccc([C@H]2c3sc(=O)[nH]c3SC3C4CC(C5C(=O)N(c6ccccc6)C(=O)C45)C32)c1)Nc1ccc2ccccc2c1. The standard InChI is InChI=1S/C37H29N3O5S2/c41-27(38-22-14-13-19-7-4-5-8-20(19)15-22)18-45-24-12-6-9-21(16-24)28-29-25-17-26(32(29)46-34-33(28)47-37(44)39-34)31-30(25)35(42)40(36(31)43)23-10-2-1-3-11-23/h1-16,25-26,28-32H,17-18H2,(H,38,41)(H,39,44)/t25?,26?,28-,29?,30?,31?,32?/m1/s1. The van der Waals surface area contributed by atoms with Crippen molar-refractivity contribution in [3.8, 4) is 5.75 Å². The predicted molar refractivity (Wildman–Crippen MR) is 182 cm³/mol. The normalized spacial score (nSPS) is 27.1. The molecule has 6 unspecified atom stereocenters. The number of rotatable bonds is 6. The molecule has 7 atom stereocenters. The van der Waals surface area contributed by atoms with Gasteiger partial charge in [-0.05, 0) is 76.9 Å². The third-order valence-electron chi connectivity index (χ3n) is 10.4. The predicted octanol–water partition coefficient (Wildman–Crippen LogP) is 6.29. The van der Waals surface area contributed by atoms with Crippen LogP contribution in [-0.4, -0.2) is 34.6 Å². The van der Waals surface area contributed by atoms with E-state index >= 15 is 0 Å². The van der Waals surface area contributed by atoms with E-state index in [1.807, 2.05) is 97.1 Å². The fourth-order valence-electron chi connectivity index (χ4n) is 8.63. The number of benzene rings is 4.